The molecular weight excluding hydrogens is 176 g/mol. The number of aromatic nitrogens is 4. The lowest BCUT2D eigenvalue weighted by Gasteiger charge is -1.93. The highest BCUT2D eigenvalue weighted by molar-refractivity contribution is 7.71. The first-order valence-electron chi connectivity index (χ1n) is 3.35. The molecule has 0 bridgehead atoms. The molecule has 0 saturated carbocycles. The topological polar surface area (TPSA) is 59.6 Å². The molecule has 0 amide bonds. The molecule has 0 unspecified atom stereocenters. The highest BCUT2D eigenvalue weighted by Crippen LogP contribution is 1.98. The van der Waals surface area contributed by atoms with Crippen LogP contribution in [0.5, 0.6) is 0 Å². The quantitative estimate of drug-likeness (QED) is 0.703. The van der Waals surface area contributed by atoms with Gasteiger partial charge in [0.15, 0.2) is 4.77 Å². The van der Waals surface area contributed by atoms with Gasteiger partial charge in [-0.05, 0) is 12.2 Å². The van der Waals surface area contributed by atoms with Gasteiger partial charge in [0.05, 0.1) is 6.54 Å². The summed E-state index contributed by atoms with van der Waals surface area (Å²) in [4.78, 5) is 0. The summed E-state index contributed by atoms with van der Waals surface area (Å²) in [5.74, 6) is 0. The first kappa shape index (κ1) is 7.23. The number of hydrogen-bond acceptors (Lipinski definition) is 4. The average molecular weight is 182 g/mol. The van der Waals surface area contributed by atoms with Gasteiger partial charge in [0, 0.05) is 6.07 Å². The van der Waals surface area contributed by atoms with E-state index in [-0.39, 0.29) is 0 Å². The third kappa shape index (κ3) is 1.28. The molecule has 5 nitrogen and oxygen atoms in total. The molecule has 2 rings (SSSR count). The van der Waals surface area contributed by atoms with Gasteiger partial charge >= 0.3 is 0 Å². The first-order valence-corrected chi connectivity index (χ1v) is 3.76. The molecule has 62 valence electrons. The molecule has 0 aliphatic carbocycles. The highest BCUT2D eigenvalue weighted by Gasteiger charge is 1.98. The molecule has 0 atom stereocenters. The summed E-state index contributed by atoms with van der Waals surface area (Å²) in [6.07, 6.45) is 3.15. The van der Waals surface area contributed by atoms with Gasteiger partial charge in [-0.2, -0.15) is 5.10 Å². The Hall–Kier alpha value is -1.43. The van der Waals surface area contributed by atoms with Crippen LogP contribution in [0.3, 0.4) is 0 Å². The van der Waals surface area contributed by atoms with Crippen molar-refractivity contribution in [1.29, 1.82) is 0 Å². The molecule has 0 radical (unpaired) electrons. The molecule has 2 aromatic rings. The molecule has 0 saturated heterocycles. The zero-order valence-corrected chi connectivity index (χ0v) is 6.91. The molecular formula is C6H6N4OS. The van der Waals surface area contributed by atoms with E-state index in [2.05, 4.69) is 19.9 Å². The fourth-order valence-corrected chi connectivity index (χ4v) is 1.04. The number of aromatic amines is 1. The molecule has 2 aromatic heterocycles. The van der Waals surface area contributed by atoms with E-state index in [9.17, 15) is 0 Å². The zero-order valence-electron chi connectivity index (χ0n) is 6.10. The van der Waals surface area contributed by atoms with Crippen molar-refractivity contribution in [2.75, 3.05) is 0 Å². The van der Waals surface area contributed by atoms with E-state index < -0.39 is 0 Å². The summed E-state index contributed by atoms with van der Waals surface area (Å²) in [6, 6.07) is 1.79. The van der Waals surface area contributed by atoms with Gasteiger partial charge in [-0.15, -0.1) is 0 Å². The van der Waals surface area contributed by atoms with Crippen LogP contribution in [0.2, 0.25) is 0 Å². The maximum atomic E-state index is 4.94. The fourth-order valence-electron chi connectivity index (χ4n) is 0.877. The summed E-state index contributed by atoms with van der Waals surface area (Å²) >= 11 is 4.94. The summed E-state index contributed by atoms with van der Waals surface area (Å²) in [5, 5.41) is 10.2. The van der Waals surface area contributed by atoms with Gasteiger partial charge in [0.25, 0.3) is 0 Å². The Bertz CT molecular complexity index is 401. The summed E-state index contributed by atoms with van der Waals surface area (Å²) in [5.41, 5.74) is 0.826. The first-order chi connectivity index (χ1) is 5.86. The Balaban J connectivity index is 2.25. The predicted octanol–water partition coefficient (Wildman–Crippen LogP) is 0.977. The predicted molar refractivity (Wildman–Crippen MR) is 43.0 cm³/mol. The smallest absolute Gasteiger partial charge is 0.195 e. The zero-order chi connectivity index (χ0) is 8.39. The van der Waals surface area contributed by atoms with Crippen molar-refractivity contribution in [3.63, 3.8) is 0 Å². The second kappa shape index (κ2) is 2.90. The number of nitrogens with one attached hydrogen (secondary N) is 1. The third-order valence-electron chi connectivity index (χ3n) is 1.44. The van der Waals surface area contributed by atoms with E-state index in [0.717, 1.165) is 5.69 Å². The second-order valence-electron chi connectivity index (χ2n) is 2.28. The minimum Gasteiger partial charge on any atom is -0.364 e. The Morgan fingerprint density at radius 3 is 3.17 bits per heavy atom. The average Bonchev–Trinajstić information content (AvgIpc) is 2.65. The maximum absolute atomic E-state index is 4.94. The fraction of sp³-hybridized carbons (Fsp3) is 0.167. The molecule has 0 aliphatic rings. The van der Waals surface area contributed by atoms with E-state index in [0.29, 0.717) is 11.3 Å². The lowest BCUT2D eigenvalue weighted by atomic mass is 10.4. The maximum Gasteiger partial charge on any atom is 0.195 e. The van der Waals surface area contributed by atoms with Gasteiger partial charge in [-0.1, -0.05) is 5.16 Å². The second-order valence-corrected chi connectivity index (χ2v) is 2.67. The Kier molecular flexibility index (Phi) is 1.75. The standard InChI is InChI=1S/C6H6N4OS/c12-6-8-7-4-10(6)3-5-1-2-11-9-5/h1-2,4H,3H2,(H,8,12). The van der Waals surface area contributed by atoms with Crippen LogP contribution < -0.4 is 0 Å². The van der Waals surface area contributed by atoms with E-state index in [1.54, 1.807) is 17.0 Å². The van der Waals surface area contributed by atoms with Crippen molar-refractivity contribution in [3.05, 3.63) is 29.1 Å². The molecule has 0 aromatic carbocycles. The van der Waals surface area contributed by atoms with Crippen LogP contribution in [0, 0.1) is 4.77 Å². The van der Waals surface area contributed by atoms with Crippen LogP contribution in [-0.4, -0.2) is 19.9 Å². The van der Waals surface area contributed by atoms with E-state index in [4.69, 9.17) is 12.2 Å². The van der Waals surface area contributed by atoms with E-state index >= 15 is 0 Å². The summed E-state index contributed by atoms with van der Waals surface area (Å²) in [6.45, 7) is 0.589. The van der Waals surface area contributed by atoms with Gasteiger partial charge in [0.1, 0.15) is 18.3 Å². The number of H-pyrrole nitrogens is 1. The van der Waals surface area contributed by atoms with Crippen molar-refractivity contribution in [2.45, 2.75) is 6.54 Å². The largest absolute Gasteiger partial charge is 0.364 e. The lowest BCUT2D eigenvalue weighted by Crippen LogP contribution is -1.97. The summed E-state index contributed by atoms with van der Waals surface area (Å²) in [7, 11) is 0. The van der Waals surface area contributed by atoms with Crippen molar-refractivity contribution in [1.82, 2.24) is 19.9 Å². The number of nitrogens with zero attached hydrogens (tertiary/aromatic N) is 3. The van der Waals surface area contributed by atoms with Crippen LogP contribution in [0.4, 0.5) is 0 Å². The summed E-state index contributed by atoms with van der Waals surface area (Å²) < 4.78 is 7.03. The van der Waals surface area contributed by atoms with Gasteiger partial charge in [0.2, 0.25) is 0 Å². The molecule has 12 heavy (non-hydrogen) atoms. The minimum absolute atomic E-state index is 0.581. The van der Waals surface area contributed by atoms with Crippen LogP contribution in [-0.2, 0) is 6.54 Å². The number of hydrogen-bond donors (Lipinski definition) is 1. The van der Waals surface area contributed by atoms with Crippen molar-refractivity contribution in [2.24, 2.45) is 0 Å². The van der Waals surface area contributed by atoms with Crippen LogP contribution >= 0.6 is 12.2 Å². The molecule has 0 aliphatic heterocycles. The van der Waals surface area contributed by atoms with Gasteiger partial charge < -0.3 is 9.09 Å². The van der Waals surface area contributed by atoms with E-state index in [1.807, 2.05) is 0 Å². The number of rotatable bonds is 2. The van der Waals surface area contributed by atoms with Gasteiger partial charge in [-0.25, -0.2) is 0 Å². The van der Waals surface area contributed by atoms with Gasteiger partial charge in [-0.3, -0.25) is 5.10 Å². The molecule has 1 N–H and O–H groups in total. The van der Waals surface area contributed by atoms with Crippen LogP contribution in [0.25, 0.3) is 0 Å². The third-order valence-corrected chi connectivity index (χ3v) is 1.77. The van der Waals surface area contributed by atoms with Crippen molar-refractivity contribution in [3.8, 4) is 0 Å². The molecule has 0 spiro atoms. The minimum atomic E-state index is 0.581. The van der Waals surface area contributed by atoms with Crippen molar-refractivity contribution < 1.29 is 4.52 Å². The van der Waals surface area contributed by atoms with Crippen molar-refractivity contribution >= 4 is 12.2 Å². The van der Waals surface area contributed by atoms with E-state index in [1.165, 1.54) is 6.26 Å². The van der Waals surface area contributed by atoms with Crippen LogP contribution in [0.1, 0.15) is 5.69 Å². The Morgan fingerprint density at radius 1 is 1.67 bits per heavy atom. The highest BCUT2D eigenvalue weighted by atomic mass is 32.1. The lowest BCUT2D eigenvalue weighted by molar-refractivity contribution is 0.409. The van der Waals surface area contributed by atoms with Crippen LogP contribution in [0.15, 0.2) is 23.2 Å². The monoisotopic (exact) mass is 182 g/mol. The molecule has 0 fully saturated rings. The Morgan fingerprint density at radius 2 is 2.58 bits per heavy atom. The SMILES string of the molecule is S=c1[nH]ncn1Cc1ccon1. The molecule has 2 heterocycles. The Labute approximate surface area is 73.0 Å². The molecule has 6 heteroatoms. The normalized spacial score (nSPS) is 10.3.